The zero-order valence-electron chi connectivity index (χ0n) is 24.6. The number of carboxylic acid groups (broad SMARTS) is 1. The third-order valence-electron chi connectivity index (χ3n) is 7.01. The molecule has 1 aromatic rings. The van der Waals surface area contributed by atoms with E-state index >= 15 is 0 Å². The maximum atomic E-state index is 13.7. The number of carbonyl (C=O) groups excluding carboxylic acids is 7. The Morgan fingerprint density at radius 1 is 0.957 bits per heavy atom. The number of aliphatic carboxylic acids is 1. The third kappa shape index (κ3) is 6.93. The van der Waals surface area contributed by atoms with Crippen LogP contribution < -0.4 is 56.8 Å². The van der Waals surface area contributed by atoms with Gasteiger partial charge in [0.25, 0.3) is 23.6 Å². The monoisotopic (exact) mass is 701 g/mol. The molecule has 0 bridgehead atoms. The summed E-state index contributed by atoms with van der Waals surface area (Å²) in [4.78, 5) is 94.1. The quantitative estimate of drug-likeness (QED) is 0.0724. The number of amides is 6. The number of oxime groups is 1. The molecular weight excluding hydrogens is 677 g/mol. The number of carbonyl (C=O) groups is 7. The largest absolute Gasteiger partial charge is 1.00 e. The van der Waals surface area contributed by atoms with Gasteiger partial charge in [-0.1, -0.05) is 5.16 Å². The molecule has 0 radical (unpaired) electrons. The molecule has 4 aliphatic rings. The van der Waals surface area contributed by atoms with Crippen molar-refractivity contribution in [3.05, 3.63) is 46.7 Å². The van der Waals surface area contributed by atoms with Crippen LogP contribution in [0.1, 0.15) is 5.76 Å². The summed E-state index contributed by atoms with van der Waals surface area (Å²) in [5.41, 5.74) is 9.35. The number of rotatable bonds is 11. The summed E-state index contributed by atoms with van der Waals surface area (Å²) in [6.07, 6.45) is -0.963. The van der Waals surface area contributed by atoms with Crippen LogP contribution in [-0.4, -0.2) is 112 Å². The zero-order valence-corrected chi connectivity index (χ0v) is 28.2. The van der Waals surface area contributed by atoms with E-state index in [2.05, 4.69) is 20.5 Å². The second-order valence-corrected chi connectivity index (χ2v) is 11.9. The Balaban J connectivity index is 0.00000500. The van der Waals surface area contributed by atoms with Crippen LogP contribution in [0.15, 0.2) is 50.5 Å². The number of fused-ring (bicyclic) bond motifs is 2. The molecule has 1 aromatic heterocycles. The van der Waals surface area contributed by atoms with E-state index in [-0.39, 0.29) is 69.4 Å². The van der Waals surface area contributed by atoms with Gasteiger partial charge in [0.15, 0.2) is 5.76 Å². The molecule has 5 rings (SSSR count). The van der Waals surface area contributed by atoms with Crippen molar-refractivity contribution in [1.82, 2.24) is 20.4 Å². The van der Waals surface area contributed by atoms with Crippen molar-refractivity contribution in [2.75, 3.05) is 31.8 Å². The van der Waals surface area contributed by atoms with Crippen molar-refractivity contribution in [2.45, 2.75) is 22.8 Å². The molecule has 0 spiro atoms. The fraction of sp³-hybridized carbons (Fsp3) is 0.360. The Labute approximate surface area is 295 Å². The molecule has 2 saturated heterocycles. The first kappa shape index (κ1) is 35.7. The van der Waals surface area contributed by atoms with Gasteiger partial charge >= 0.3 is 41.7 Å². The van der Waals surface area contributed by atoms with E-state index in [1.54, 1.807) is 0 Å². The van der Waals surface area contributed by atoms with Crippen molar-refractivity contribution >= 4 is 71.0 Å². The molecule has 5 heterocycles. The average molecular weight is 702 g/mol. The van der Waals surface area contributed by atoms with Gasteiger partial charge < -0.3 is 50.7 Å². The number of ether oxygens (including phenoxy) is 2. The molecular formula is C25H24N7NaO12S2. The minimum Gasteiger partial charge on any atom is -0.543 e. The van der Waals surface area contributed by atoms with Crippen molar-refractivity contribution in [1.29, 1.82) is 0 Å². The van der Waals surface area contributed by atoms with Gasteiger partial charge in [0, 0.05) is 22.7 Å². The predicted octanol–water partition coefficient (Wildman–Crippen LogP) is -6.12. The van der Waals surface area contributed by atoms with Crippen molar-refractivity contribution < 1.29 is 87.0 Å². The molecule has 244 valence electrons. The van der Waals surface area contributed by atoms with Crippen LogP contribution in [0.2, 0.25) is 0 Å². The van der Waals surface area contributed by atoms with Gasteiger partial charge in [0.1, 0.15) is 48.9 Å². The summed E-state index contributed by atoms with van der Waals surface area (Å²) in [5, 5.41) is 19.0. The van der Waals surface area contributed by atoms with Gasteiger partial charge in [-0.2, -0.15) is 0 Å². The van der Waals surface area contributed by atoms with Crippen LogP contribution in [0.4, 0.5) is 9.59 Å². The molecule has 6 N–H and O–H groups in total. The standard InChI is InChI=1S/C25H25N7O12S2.Na/c1-41-30-12(11-3-2-4-42-11)17(33)28-13-19(35)31-15(9(5-43-24(26)39)7-45-21(13)31)18(34)29-14-20(36)32-16(23(37)38)10(6-44-25(27)40)8-46-22(14)32;/h2-4,13-14,21-22H,5-8H2,1H3,(H2,26,39)(H2,27,40)(H,28,33)(H,29,34)(H,37,38);/q;+1/p-1/b30-12-;/t13-,14-,21-,22-;/m1./s1. The number of hydrogen-bond donors (Lipinski definition) is 4. The summed E-state index contributed by atoms with van der Waals surface area (Å²) in [7, 11) is 1.22. The van der Waals surface area contributed by atoms with Gasteiger partial charge in [-0.3, -0.25) is 29.0 Å². The zero-order chi connectivity index (χ0) is 33.3. The second-order valence-electron chi connectivity index (χ2n) is 9.73. The van der Waals surface area contributed by atoms with E-state index < -0.39 is 83.5 Å². The fourth-order valence-corrected chi connectivity index (χ4v) is 7.69. The van der Waals surface area contributed by atoms with Gasteiger partial charge in [-0.15, -0.1) is 23.5 Å². The van der Waals surface area contributed by atoms with Gasteiger partial charge in [-0.25, -0.2) is 9.59 Å². The number of hydrogen-bond acceptors (Lipinski definition) is 15. The van der Waals surface area contributed by atoms with E-state index in [4.69, 9.17) is 25.5 Å². The number of nitrogens with two attached hydrogens (primary N) is 2. The van der Waals surface area contributed by atoms with Crippen LogP contribution in [0.3, 0.4) is 0 Å². The number of thioether (sulfide) groups is 2. The van der Waals surface area contributed by atoms with Gasteiger partial charge in [0.2, 0.25) is 5.71 Å². The van der Waals surface area contributed by atoms with Crippen LogP contribution >= 0.6 is 23.5 Å². The first-order valence-corrected chi connectivity index (χ1v) is 15.2. The van der Waals surface area contributed by atoms with Crippen LogP contribution in [0.5, 0.6) is 0 Å². The molecule has 4 aliphatic heterocycles. The number of primary amides is 2. The van der Waals surface area contributed by atoms with Crippen LogP contribution in [0.25, 0.3) is 0 Å². The summed E-state index contributed by atoms with van der Waals surface area (Å²) in [6, 6.07) is 0.657. The summed E-state index contributed by atoms with van der Waals surface area (Å²) in [6.45, 7) is -0.936. The molecule has 0 aromatic carbocycles. The molecule has 0 unspecified atom stereocenters. The fourth-order valence-electron chi connectivity index (χ4n) is 5.03. The smallest absolute Gasteiger partial charge is 0.543 e. The summed E-state index contributed by atoms with van der Waals surface area (Å²) in [5.74, 6) is -4.73. The van der Waals surface area contributed by atoms with E-state index in [1.807, 2.05) is 0 Å². The Hall–Kier alpha value is -4.18. The molecule has 0 aliphatic carbocycles. The van der Waals surface area contributed by atoms with Crippen molar-refractivity contribution in [3.8, 4) is 0 Å². The first-order valence-electron chi connectivity index (χ1n) is 13.1. The van der Waals surface area contributed by atoms with Crippen LogP contribution in [-0.2, 0) is 38.3 Å². The van der Waals surface area contributed by atoms with Crippen molar-refractivity contribution in [2.24, 2.45) is 16.6 Å². The number of carboxylic acids is 1. The molecule has 4 atom stereocenters. The van der Waals surface area contributed by atoms with E-state index in [1.165, 1.54) is 25.5 Å². The summed E-state index contributed by atoms with van der Waals surface area (Å²) < 4.78 is 14.8. The summed E-state index contributed by atoms with van der Waals surface area (Å²) >= 11 is 2.25. The van der Waals surface area contributed by atoms with Crippen LogP contribution in [0, 0.1) is 0 Å². The topological polar surface area (TPSA) is 278 Å². The minimum absolute atomic E-state index is 0. The van der Waals surface area contributed by atoms with E-state index in [0.29, 0.717) is 0 Å². The molecule has 6 amide bonds. The van der Waals surface area contributed by atoms with Gasteiger partial charge in [0.05, 0.1) is 17.9 Å². The maximum absolute atomic E-state index is 13.7. The van der Waals surface area contributed by atoms with E-state index in [0.717, 1.165) is 33.3 Å². The SMILES string of the molecule is CO/N=C(\C(=O)N[C@@H]1C(=O)N2C(C(=O)N[C@@H]3C(=O)N4C(C(=O)[O-])=C(COC(N)=O)CS[C@H]34)=C(COC(N)=O)CS[C@H]12)c1ccco1.[Na+]. The normalized spacial score (nSPS) is 23.3. The maximum Gasteiger partial charge on any atom is 1.00 e. The molecule has 47 heavy (non-hydrogen) atoms. The predicted molar refractivity (Wildman–Crippen MR) is 152 cm³/mol. The molecule has 2 fully saturated rings. The Morgan fingerprint density at radius 2 is 1.49 bits per heavy atom. The molecule has 19 nitrogen and oxygen atoms in total. The molecule has 0 saturated carbocycles. The Bertz CT molecular complexity index is 1610. The Kier molecular flexibility index (Phi) is 11.2. The number of furan rings is 1. The third-order valence-corrected chi connectivity index (χ3v) is 9.68. The first-order chi connectivity index (χ1) is 21.9. The van der Waals surface area contributed by atoms with E-state index in [9.17, 15) is 38.7 Å². The average Bonchev–Trinajstić information content (AvgIpc) is 3.56. The second kappa shape index (κ2) is 14.7. The Morgan fingerprint density at radius 3 is 1.98 bits per heavy atom. The number of nitrogens with one attached hydrogen (secondary N) is 2. The van der Waals surface area contributed by atoms with Gasteiger partial charge in [-0.05, 0) is 12.1 Å². The van der Waals surface area contributed by atoms with Crippen molar-refractivity contribution in [3.63, 3.8) is 0 Å². The minimum atomic E-state index is -1.70. The number of β-lactam (4-membered cyclic amide) rings is 2. The number of nitrogens with zero attached hydrogens (tertiary/aromatic N) is 3. The molecule has 22 heteroatoms.